The van der Waals surface area contributed by atoms with Crippen LogP contribution in [-0.2, 0) is 5.75 Å². The van der Waals surface area contributed by atoms with E-state index in [9.17, 15) is 0 Å². The molecule has 1 aromatic rings. The van der Waals surface area contributed by atoms with E-state index >= 15 is 0 Å². The average Bonchev–Trinajstić information content (AvgIpc) is 2.24. The van der Waals surface area contributed by atoms with Gasteiger partial charge in [-0.3, -0.25) is 0 Å². The number of rotatable bonds is 5. The average molecular weight is 270 g/mol. The summed E-state index contributed by atoms with van der Waals surface area (Å²) in [5.41, 5.74) is 2.34. The van der Waals surface area contributed by atoms with Crippen LogP contribution in [0, 0.1) is 11.6 Å². The minimum absolute atomic E-state index is 0.433. The van der Waals surface area contributed by atoms with E-state index in [1.807, 2.05) is 11.8 Å². The molecule has 1 atom stereocenters. The molecular weight excluding hydrogens is 248 g/mol. The smallest absolute Gasteiger partial charge is 0.133 e. The molecule has 0 amide bonds. The molecular formula is C13H22N2S2. The zero-order valence-corrected chi connectivity index (χ0v) is 13.0. The Morgan fingerprint density at radius 2 is 2.00 bits per heavy atom. The normalized spacial score (nSPS) is 13.1. The molecule has 2 nitrogen and oxygen atoms in total. The first-order chi connectivity index (χ1) is 7.95. The highest BCUT2D eigenvalue weighted by atomic mass is 32.2. The van der Waals surface area contributed by atoms with Gasteiger partial charge in [0.15, 0.2) is 0 Å². The van der Waals surface area contributed by atoms with Crippen LogP contribution in [0.15, 0.2) is 0 Å². The maximum Gasteiger partial charge on any atom is 0.133 e. The molecule has 0 bridgehead atoms. The molecule has 0 aliphatic heterocycles. The number of aromatic amines is 1. The van der Waals surface area contributed by atoms with Gasteiger partial charge in [0.2, 0.25) is 0 Å². The molecule has 1 aromatic heterocycles. The highest BCUT2D eigenvalue weighted by Crippen LogP contribution is 2.21. The second-order valence-electron chi connectivity index (χ2n) is 4.71. The SMILES string of the molecule is CCC(C)SCc1nc(=S)c(C(C)C)c(C)[nH]1. The maximum atomic E-state index is 5.37. The molecule has 0 spiro atoms. The molecule has 0 fully saturated rings. The topological polar surface area (TPSA) is 28.7 Å². The largest absolute Gasteiger partial charge is 0.346 e. The van der Waals surface area contributed by atoms with Gasteiger partial charge < -0.3 is 4.98 Å². The van der Waals surface area contributed by atoms with Crippen molar-refractivity contribution in [3.05, 3.63) is 21.7 Å². The molecule has 0 saturated carbocycles. The van der Waals surface area contributed by atoms with Crippen LogP contribution in [-0.4, -0.2) is 15.2 Å². The van der Waals surface area contributed by atoms with Crippen molar-refractivity contribution in [1.29, 1.82) is 0 Å². The molecule has 1 heterocycles. The zero-order chi connectivity index (χ0) is 13.0. The minimum Gasteiger partial charge on any atom is -0.346 e. The Balaban J connectivity index is 2.88. The molecule has 4 heteroatoms. The summed E-state index contributed by atoms with van der Waals surface area (Å²) in [5, 5.41) is 0.670. The summed E-state index contributed by atoms with van der Waals surface area (Å²) >= 11 is 7.29. The van der Waals surface area contributed by atoms with Gasteiger partial charge >= 0.3 is 0 Å². The summed E-state index contributed by atoms with van der Waals surface area (Å²) in [6, 6.07) is 0. The lowest BCUT2D eigenvalue weighted by Crippen LogP contribution is -2.04. The Hall–Kier alpha value is -0.350. The van der Waals surface area contributed by atoms with Crippen LogP contribution < -0.4 is 0 Å². The summed E-state index contributed by atoms with van der Waals surface area (Å²) < 4.78 is 0.760. The van der Waals surface area contributed by atoms with Crippen molar-refractivity contribution in [2.45, 2.75) is 58.0 Å². The fraction of sp³-hybridized carbons (Fsp3) is 0.692. The van der Waals surface area contributed by atoms with Gasteiger partial charge in [-0.15, -0.1) is 0 Å². The van der Waals surface area contributed by atoms with E-state index in [1.165, 1.54) is 17.7 Å². The Bertz CT molecular complexity index is 424. The monoisotopic (exact) mass is 270 g/mol. The highest BCUT2D eigenvalue weighted by Gasteiger charge is 2.09. The van der Waals surface area contributed by atoms with E-state index in [0.717, 1.165) is 16.2 Å². The van der Waals surface area contributed by atoms with E-state index in [2.05, 4.69) is 44.6 Å². The molecule has 0 aromatic carbocycles. The first kappa shape index (κ1) is 14.7. The third-order valence-corrected chi connectivity index (χ3v) is 4.51. The highest BCUT2D eigenvalue weighted by molar-refractivity contribution is 7.99. The minimum atomic E-state index is 0.433. The number of nitrogens with zero attached hydrogens (tertiary/aromatic N) is 1. The number of aromatic nitrogens is 2. The Labute approximate surface area is 114 Å². The number of thioether (sulfide) groups is 1. The van der Waals surface area contributed by atoms with E-state index in [4.69, 9.17) is 12.2 Å². The van der Waals surface area contributed by atoms with E-state index in [0.29, 0.717) is 11.2 Å². The first-order valence-corrected chi connectivity index (χ1v) is 7.62. The number of hydrogen-bond donors (Lipinski definition) is 1. The van der Waals surface area contributed by atoms with E-state index < -0.39 is 0 Å². The van der Waals surface area contributed by atoms with Crippen LogP contribution in [0.2, 0.25) is 0 Å². The van der Waals surface area contributed by atoms with Crippen molar-refractivity contribution in [1.82, 2.24) is 9.97 Å². The van der Waals surface area contributed by atoms with Crippen LogP contribution in [0.1, 0.15) is 57.1 Å². The number of aryl methyl sites for hydroxylation is 1. The second-order valence-corrected chi connectivity index (χ2v) is 6.53. The van der Waals surface area contributed by atoms with Gasteiger partial charge in [-0.05, 0) is 19.3 Å². The Morgan fingerprint density at radius 3 is 2.47 bits per heavy atom. The summed E-state index contributed by atoms with van der Waals surface area (Å²) in [6.07, 6.45) is 1.19. The van der Waals surface area contributed by atoms with Gasteiger partial charge in [-0.25, -0.2) is 4.98 Å². The molecule has 1 N–H and O–H groups in total. The predicted molar refractivity (Wildman–Crippen MR) is 79.3 cm³/mol. The number of nitrogens with one attached hydrogen (secondary N) is 1. The predicted octanol–water partition coefficient (Wildman–Crippen LogP) is 4.60. The van der Waals surface area contributed by atoms with Gasteiger partial charge in [0, 0.05) is 16.5 Å². The zero-order valence-electron chi connectivity index (χ0n) is 11.3. The molecule has 0 aliphatic rings. The van der Waals surface area contributed by atoms with E-state index in [-0.39, 0.29) is 0 Å². The second kappa shape index (κ2) is 6.55. The van der Waals surface area contributed by atoms with Gasteiger partial charge in [0.1, 0.15) is 10.5 Å². The van der Waals surface area contributed by atoms with Gasteiger partial charge in [-0.1, -0.05) is 39.9 Å². The molecule has 96 valence electrons. The molecule has 1 unspecified atom stereocenters. The summed E-state index contributed by atoms with van der Waals surface area (Å²) in [4.78, 5) is 7.88. The Morgan fingerprint density at radius 1 is 1.35 bits per heavy atom. The fourth-order valence-electron chi connectivity index (χ4n) is 1.74. The molecule has 0 radical (unpaired) electrons. The molecule has 17 heavy (non-hydrogen) atoms. The summed E-state index contributed by atoms with van der Waals surface area (Å²) in [5.74, 6) is 2.35. The first-order valence-electron chi connectivity index (χ1n) is 6.17. The van der Waals surface area contributed by atoms with Crippen molar-refractivity contribution in [2.75, 3.05) is 0 Å². The molecule has 0 saturated heterocycles. The molecule has 1 rings (SSSR count). The van der Waals surface area contributed by atoms with Gasteiger partial charge in [0.25, 0.3) is 0 Å². The number of H-pyrrole nitrogens is 1. The van der Waals surface area contributed by atoms with Crippen molar-refractivity contribution in [3.8, 4) is 0 Å². The van der Waals surface area contributed by atoms with Crippen molar-refractivity contribution in [3.63, 3.8) is 0 Å². The molecule has 0 aliphatic carbocycles. The lowest BCUT2D eigenvalue weighted by Gasteiger charge is -2.12. The van der Waals surface area contributed by atoms with Crippen LogP contribution in [0.3, 0.4) is 0 Å². The maximum absolute atomic E-state index is 5.37. The number of hydrogen-bond acceptors (Lipinski definition) is 3. The van der Waals surface area contributed by atoms with Crippen LogP contribution in [0.25, 0.3) is 0 Å². The summed E-state index contributed by atoms with van der Waals surface area (Å²) in [6.45, 7) is 10.8. The third-order valence-electron chi connectivity index (χ3n) is 2.86. The Kier molecular flexibility index (Phi) is 5.67. The fourth-order valence-corrected chi connectivity index (χ4v) is 3.06. The lowest BCUT2D eigenvalue weighted by atomic mass is 10.0. The van der Waals surface area contributed by atoms with Crippen LogP contribution in [0.5, 0.6) is 0 Å². The summed E-state index contributed by atoms with van der Waals surface area (Å²) in [7, 11) is 0. The standard InChI is InChI=1S/C13H22N2S2/c1-6-9(4)17-7-11-14-10(5)12(8(2)3)13(16)15-11/h8-9H,6-7H2,1-5H3,(H,14,15,16). The third kappa shape index (κ3) is 4.11. The lowest BCUT2D eigenvalue weighted by molar-refractivity contribution is 0.809. The van der Waals surface area contributed by atoms with E-state index in [1.54, 1.807) is 0 Å². The van der Waals surface area contributed by atoms with Crippen LogP contribution in [0.4, 0.5) is 0 Å². The van der Waals surface area contributed by atoms with Crippen molar-refractivity contribution in [2.24, 2.45) is 0 Å². The quantitative estimate of drug-likeness (QED) is 0.793. The van der Waals surface area contributed by atoms with Crippen LogP contribution >= 0.6 is 24.0 Å². The van der Waals surface area contributed by atoms with Gasteiger partial charge in [0.05, 0.1) is 5.75 Å². The van der Waals surface area contributed by atoms with Gasteiger partial charge in [-0.2, -0.15) is 11.8 Å². The van der Waals surface area contributed by atoms with Crippen molar-refractivity contribution < 1.29 is 0 Å². The van der Waals surface area contributed by atoms with Crippen molar-refractivity contribution >= 4 is 24.0 Å².